The minimum Gasteiger partial charge on any atom is -0.396 e. The van der Waals surface area contributed by atoms with Gasteiger partial charge in [0.25, 0.3) is 0 Å². The number of nitrogens with zero attached hydrogens (tertiary/aromatic N) is 4. The molecule has 0 fully saturated rings. The number of hydrogen-bond donors (Lipinski definition) is 2. The lowest BCUT2D eigenvalue weighted by molar-refractivity contribution is 0.280. The number of aryl methyl sites for hydroxylation is 1. The van der Waals surface area contributed by atoms with E-state index in [1.807, 2.05) is 12.1 Å². The molecule has 6 heteroatoms. The fourth-order valence-electron chi connectivity index (χ4n) is 3.70. The van der Waals surface area contributed by atoms with Gasteiger partial charge in [-0.2, -0.15) is 0 Å². The van der Waals surface area contributed by atoms with Gasteiger partial charge < -0.3 is 15.0 Å². The summed E-state index contributed by atoms with van der Waals surface area (Å²) in [6, 6.07) is 12.6. The maximum Gasteiger partial charge on any atom is 0.0857 e. The maximum absolute atomic E-state index is 9.08. The van der Waals surface area contributed by atoms with E-state index >= 15 is 0 Å². The van der Waals surface area contributed by atoms with Gasteiger partial charge in [0.05, 0.1) is 18.0 Å². The number of aromatic nitrogens is 2. The van der Waals surface area contributed by atoms with Crippen LogP contribution in [0.25, 0.3) is 10.9 Å². The zero-order chi connectivity index (χ0) is 19.9. The zero-order valence-corrected chi connectivity index (χ0v) is 16.6. The second-order valence-electron chi connectivity index (χ2n) is 7.18. The van der Waals surface area contributed by atoms with E-state index in [1.165, 1.54) is 10.9 Å². The van der Waals surface area contributed by atoms with Crippen LogP contribution in [0.4, 0.5) is 5.69 Å². The summed E-state index contributed by atoms with van der Waals surface area (Å²) in [7, 11) is 0. The molecule has 6 nitrogen and oxygen atoms in total. The number of benzene rings is 1. The molecule has 150 valence electrons. The molecular formula is C23H27N5O. The summed E-state index contributed by atoms with van der Waals surface area (Å²) in [5.41, 5.74) is 5.53. The molecule has 0 aliphatic carbocycles. The van der Waals surface area contributed by atoms with E-state index in [1.54, 1.807) is 12.4 Å². The smallest absolute Gasteiger partial charge is 0.0857 e. The van der Waals surface area contributed by atoms with Crippen molar-refractivity contribution in [1.82, 2.24) is 9.55 Å². The Morgan fingerprint density at radius 1 is 1.14 bits per heavy atom. The van der Waals surface area contributed by atoms with Crippen molar-refractivity contribution in [2.45, 2.75) is 25.8 Å². The third-order valence-corrected chi connectivity index (χ3v) is 5.14. The summed E-state index contributed by atoms with van der Waals surface area (Å²) in [6.07, 6.45) is 8.46. The summed E-state index contributed by atoms with van der Waals surface area (Å²) in [4.78, 5) is 13.7. The van der Waals surface area contributed by atoms with Crippen molar-refractivity contribution in [1.29, 1.82) is 0 Å². The van der Waals surface area contributed by atoms with Gasteiger partial charge in [-0.15, -0.1) is 0 Å². The van der Waals surface area contributed by atoms with Gasteiger partial charge in [0.1, 0.15) is 0 Å². The van der Waals surface area contributed by atoms with E-state index in [9.17, 15) is 0 Å². The van der Waals surface area contributed by atoms with E-state index in [0.29, 0.717) is 0 Å². The van der Waals surface area contributed by atoms with Gasteiger partial charge in [-0.05, 0) is 49.6 Å². The van der Waals surface area contributed by atoms with Gasteiger partial charge in [0.2, 0.25) is 0 Å². The molecular weight excluding hydrogens is 362 g/mol. The van der Waals surface area contributed by atoms with Crippen molar-refractivity contribution in [3.8, 4) is 0 Å². The molecule has 3 heterocycles. The van der Waals surface area contributed by atoms with Crippen molar-refractivity contribution in [2.75, 3.05) is 31.6 Å². The van der Waals surface area contributed by atoms with Crippen LogP contribution in [-0.2, 0) is 6.54 Å². The van der Waals surface area contributed by atoms with Crippen LogP contribution in [0.5, 0.6) is 0 Å². The second kappa shape index (κ2) is 9.47. The number of aliphatic hydroxyl groups excluding tert-OH is 1. The van der Waals surface area contributed by atoms with Crippen LogP contribution in [0.15, 0.2) is 65.0 Å². The Balaban J connectivity index is 1.47. The first-order chi connectivity index (χ1) is 14.3. The van der Waals surface area contributed by atoms with Crippen LogP contribution in [0.2, 0.25) is 0 Å². The Morgan fingerprint density at radius 3 is 2.90 bits per heavy atom. The number of fused-ring (bicyclic) bond motifs is 1. The predicted octanol–water partition coefficient (Wildman–Crippen LogP) is 3.55. The molecule has 0 radical (unpaired) electrons. The Bertz CT molecular complexity index is 1010. The second-order valence-corrected chi connectivity index (χ2v) is 7.18. The summed E-state index contributed by atoms with van der Waals surface area (Å²) in [5.74, 6) is 0. The van der Waals surface area contributed by atoms with Gasteiger partial charge in [0.15, 0.2) is 0 Å². The highest BCUT2D eigenvalue weighted by molar-refractivity contribution is 6.48. The highest BCUT2D eigenvalue weighted by Crippen LogP contribution is 2.21. The van der Waals surface area contributed by atoms with Gasteiger partial charge in [0, 0.05) is 67.0 Å². The number of nitrogens with one attached hydrogen (secondary N) is 1. The molecule has 0 amide bonds. The lowest BCUT2D eigenvalue weighted by Crippen LogP contribution is -2.22. The van der Waals surface area contributed by atoms with Crippen LogP contribution >= 0.6 is 0 Å². The molecule has 0 spiro atoms. The Morgan fingerprint density at radius 2 is 2.03 bits per heavy atom. The molecule has 3 aromatic rings. The molecule has 0 atom stereocenters. The molecule has 0 bridgehead atoms. The van der Waals surface area contributed by atoms with E-state index in [4.69, 9.17) is 15.1 Å². The van der Waals surface area contributed by atoms with Crippen LogP contribution in [0.3, 0.4) is 0 Å². The molecule has 29 heavy (non-hydrogen) atoms. The largest absolute Gasteiger partial charge is 0.396 e. The minimum absolute atomic E-state index is 0.213. The summed E-state index contributed by atoms with van der Waals surface area (Å²) >= 11 is 0. The van der Waals surface area contributed by atoms with Crippen molar-refractivity contribution in [3.05, 3.63) is 60.6 Å². The standard InChI is InChI=1S/C23H27N5O/c29-16-2-14-28-15-8-18-17-19(4-5-22(18)28)23-21(3-1-9-27-23)26-13-12-25-20-6-10-24-11-7-20/h4-8,10-11,15,17,29H,1-3,9,12-14,16H2,(H,24,25). The van der Waals surface area contributed by atoms with Crippen LogP contribution in [0, 0.1) is 0 Å². The summed E-state index contributed by atoms with van der Waals surface area (Å²) in [5, 5.41) is 13.7. The molecule has 4 rings (SSSR count). The minimum atomic E-state index is 0.213. The number of rotatable bonds is 8. The topological polar surface area (TPSA) is 74.8 Å². The van der Waals surface area contributed by atoms with Crippen molar-refractivity contribution < 1.29 is 5.11 Å². The monoisotopic (exact) mass is 389 g/mol. The molecule has 1 aliphatic heterocycles. The normalized spacial score (nSPS) is 15.6. The number of pyridine rings is 1. The number of hydrogen-bond acceptors (Lipinski definition) is 5. The Labute approximate surface area is 171 Å². The van der Waals surface area contributed by atoms with Gasteiger partial charge >= 0.3 is 0 Å². The Kier molecular flexibility index (Phi) is 6.32. The van der Waals surface area contributed by atoms with E-state index in [-0.39, 0.29) is 6.61 Å². The fraction of sp³-hybridized carbons (Fsp3) is 0.348. The number of aliphatic imine (C=N–C) groups is 2. The predicted molar refractivity (Wildman–Crippen MR) is 119 cm³/mol. The number of aliphatic hydroxyl groups is 1. The highest BCUT2D eigenvalue weighted by Gasteiger charge is 2.16. The first-order valence-corrected chi connectivity index (χ1v) is 10.3. The fourth-order valence-corrected chi connectivity index (χ4v) is 3.70. The third-order valence-electron chi connectivity index (χ3n) is 5.14. The lowest BCUT2D eigenvalue weighted by atomic mass is 9.98. The first kappa shape index (κ1) is 19.3. The van der Waals surface area contributed by atoms with Gasteiger partial charge in [-0.1, -0.05) is 6.07 Å². The average Bonchev–Trinajstić information content (AvgIpc) is 3.18. The first-order valence-electron chi connectivity index (χ1n) is 10.3. The summed E-state index contributed by atoms with van der Waals surface area (Å²) in [6.45, 7) is 3.41. The van der Waals surface area contributed by atoms with Crippen molar-refractivity contribution in [2.24, 2.45) is 9.98 Å². The zero-order valence-electron chi connectivity index (χ0n) is 16.6. The van der Waals surface area contributed by atoms with Crippen molar-refractivity contribution in [3.63, 3.8) is 0 Å². The maximum atomic E-state index is 9.08. The van der Waals surface area contributed by atoms with E-state index < -0.39 is 0 Å². The molecule has 1 aromatic carbocycles. The van der Waals surface area contributed by atoms with E-state index in [0.717, 1.165) is 68.1 Å². The molecule has 0 saturated heterocycles. The van der Waals surface area contributed by atoms with Crippen LogP contribution in [-0.4, -0.2) is 52.3 Å². The van der Waals surface area contributed by atoms with Gasteiger partial charge in [-0.25, -0.2) is 0 Å². The van der Waals surface area contributed by atoms with Crippen molar-refractivity contribution >= 4 is 28.0 Å². The molecule has 0 unspecified atom stereocenters. The SMILES string of the molecule is OCCCn1ccc2cc(C3=NCCCC3=NCCNc3ccncc3)ccc21. The van der Waals surface area contributed by atoms with E-state index in [2.05, 4.69) is 45.3 Å². The molecule has 2 aromatic heterocycles. The third kappa shape index (κ3) is 4.71. The average molecular weight is 390 g/mol. The van der Waals surface area contributed by atoms with Crippen LogP contribution < -0.4 is 5.32 Å². The number of anilines is 1. The summed E-state index contributed by atoms with van der Waals surface area (Å²) < 4.78 is 2.19. The van der Waals surface area contributed by atoms with Crippen LogP contribution in [0.1, 0.15) is 24.8 Å². The molecule has 2 N–H and O–H groups in total. The molecule has 0 saturated carbocycles. The quantitative estimate of drug-likeness (QED) is 0.579. The highest BCUT2D eigenvalue weighted by atomic mass is 16.3. The molecule has 1 aliphatic rings. The lowest BCUT2D eigenvalue weighted by Gasteiger charge is -2.16. The van der Waals surface area contributed by atoms with Gasteiger partial charge in [-0.3, -0.25) is 15.0 Å². The Hall–Kier alpha value is -2.99.